The second-order valence-corrected chi connectivity index (χ2v) is 6.28. The Morgan fingerprint density at radius 1 is 1.12 bits per heavy atom. The van der Waals surface area contributed by atoms with E-state index < -0.39 is 0 Å². The van der Waals surface area contributed by atoms with Crippen molar-refractivity contribution in [2.45, 2.75) is 6.04 Å². The van der Waals surface area contributed by atoms with E-state index in [2.05, 4.69) is 43.0 Å². The predicted octanol–water partition coefficient (Wildman–Crippen LogP) is 1.66. The highest BCUT2D eigenvalue weighted by atomic mass is 35.5. The molecule has 0 amide bonds. The topological polar surface area (TPSA) is 80.5 Å². The molecule has 1 unspecified atom stereocenters. The van der Waals surface area contributed by atoms with Crippen LogP contribution < -0.4 is 5.32 Å². The van der Waals surface area contributed by atoms with Crippen molar-refractivity contribution < 1.29 is 4.74 Å². The minimum absolute atomic E-state index is 0.201. The number of benzene rings is 1. The highest BCUT2D eigenvalue weighted by Crippen LogP contribution is 2.24. The molecule has 9 heteroatoms. The van der Waals surface area contributed by atoms with Crippen LogP contribution >= 0.6 is 11.6 Å². The van der Waals surface area contributed by atoms with Gasteiger partial charge in [0.1, 0.15) is 5.82 Å². The molecule has 1 fully saturated rings. The average Bonchev–Trinajstić information content (AvgIpc) is 3.12. The molecular formula is C16H18ClN7O. The first kappa shape index (κ1) is 16.2. The summed E-state index contributed by atoms with van der Waals surface area (Å²) in [6.07, 6.45) is 0. The van der Waals surface area contributed by atoms with Gasteiger partial charge in [0.05, 0.1) is 19.3 Å². The molecule has 1 atom stereocenters. The number of tetrazole rings is 1. The maximum absolute atomic E-state index is 6.04. The first-order chi connectivity index (χ1) is 12.3. The van der Waals surface area contributed by atoms with Gasteiger partial charge in [-0.15, -0.1) is 14.8 Å². The molecule has 3 heterocycles. The van der Waals surface area contributed by atoms with E-state index in [9.17, 15) is 0 Å². The number of nitrogens with one attached hydrogen (secondary N) is 1. The normalized spacial score (nSPS) is 16.8. The fourth-order valence-corrected chi connectivity index (χ4v) is 3.10. The second-order valence-electron chi connectivity index (χ2n) is 5.84. The third-order valence-electron chi connectivity index (χ3n) is 4.29. The zero-order valence-corrected chi connectivity index (χ0v) is 14.3. The molecule has 1 aliphatic rings. The van der Waals surface area contributed by atoms with Gasteiger partial charge < -0.3 is 10.1 Å². The van der Waals surface area contributed by atoms with E-state index in [-0.39, 0.29) is 6.04 Å². The van der Waals surface area contributed by atoms with Crippen LogP contribution in [0.2, 0.25) is 5.02 Å². The molecule has 8 nitrogen and oxygen atoms in total. The summed E-state index contributed by atoms with van der Waals surface area (Å²) >= 11 is 6.04. The summed E-state index contributed by atoms with van der Waals surface area (Å²) in [5.41, 5.74) is 1.83. The van der Waals surface area contributed by atoms with Crippen LogP contribution in [-0.2, 0) is 4.74 Å². The van der Waals surface area contributed by atoms with Crippen molar-refractivity contribution in [1.29, 1.82) is 0 Å². The Morgan fingerprint density at radius 3 is 2.72 bits per heavy atom. The van der Waals surface area contributed by atoms with Gasteiger partial charge in [-0.2, -0.15) is 0 Å². The van der Waals surface area contributed by atoms with Crippen molar-refractivity contribution in [3.05, 3.63) is 47.0 Å². The van der Waals surface area contributed by atoms with Gasteiger partial charge >= 0.3 is 0 Å². The highest BCUT2D eigenvalue weighted by molar-refractivity contribution is 6.30. The van der Waals surface area contributed by atoms with Crippen LogP contribution in [0.4, 0.5) is 5.82 Å². The quantitative estimate of drug-likeness (QED) is 0.742. The van der Waals surface area contributed by atoms with Crippen LogP contribution in [0.15, 0.2) is 36.4 Å². The number of morpholine rings is 1. The lowest BCUT2D eigenvalue weighted by Gasteiger charge is -2.35. The number of hydrogen-bond donors (Lipinski definition) is 1. The molecule has 0 aliphatic carbocycles. The van der Waals surface area contributed by atoms with Crippen LogP contribution in [-0.4, -0.2) is 63.0 Å². The molecule has 1 aromatic carbocycles. The number of aromatic nitrogens is 5. The van der Waals surface area contributed by atoms with E-state index in [1.165, 1.54) is 10.2 Å². The van der Waals surface area contributed by atoms with Gasteiger partial charge in [-0.25, -0.2) is 0 Å². The molecule has 0 saturated carbocycles. The number of nitrogens with zero attached hydrogens (tertiary/aromatic N) is 6. The first-order valence-electron chi connectivity index (χ1n) is 8.16. The zero-order chi connectivity index (χ0) is 17.1. The molecule has 1 saturated heterocycles. The van der Waals surface area contributed by atoms with Crippen LogP contribution in [0.3, 0.4) is 0 Å². The van der Waals surface area contributed by atoms with Gasteiger partial charge in [0.25, 0.3) is 0 Å². The van der Waals surface area contributed by atoms with Crippen molar-refractivity contribution in [2.75, 3.05) is 38.2 Å². The van der Waals surface area contributed by atoms with Gasteiger partial charge in [0.2, 0.25) is 0 Å². The smallest absolute Gasteiger partial charge is 0.200 e. The third-order valence-corrected chi connectivity index (χ3v) is 4.54. The van der Waals surface area contributed by atoms with Gasteiger partial charge in [-0.05, 0) is 40.3 Å². The number of halogens is 1. The van der Waals surface area contributed by atoms with E-state index in [1.54, 1.807) is 0 Å². The summed E-state index contributed by atoms with van der Waals surface area (Å²) < 4.78 is 6.90. The minimum atomic E-state index is 0.201. The summed E-state index contributed by atoms with van der Waals surface area (Å²) in [6.45, 7) is 4.00. The molecule has 0 radical (unpaired) electrons. The standard InChI is InChI=1S/C16H18ClN7O/c17-13-3-1-12(2-4-13)14(23-7-9-25-10-8-23)11-18-15-5-6-16-19-21-22-24(16)20-15/h1-6,14H,7-11H2,(H,18,20). The highest BCUT2D eigenvalue weighted by Gasteiger charge is 2.22. The van der Waals surface area contributed by atoms with Crippen LogP contribution in [0.25, 0.3) is 5.65 Å². The Hall–Kier alpha value is -2.29. The van der Waals surface area contributed by atoms with Gasteiger partial charge in [-0.3, -0.25) is 4.90 Å². The van der Waals surface area contributed by atoms with E-state index >= 15 is 0 Å². The molecular weight excluding hydrogens is 342 g/mol. The summed E-state index contributed by atoms with van der Waals surface area (Å²) in [4.78, 5) is 2.41. The Labute approximate surface area is 149 Å². The molecule has 25 heavy (non-hydrogen) atoms. The van der Waals surface area contributed by atoms with Crippen molar-refractivity contribution in [3.63, 3.8) is 0 Å². The van der Waals surface area contributed by atoms with Gasteiger partial charge in [0, 0.05) is 24.7 Å². The lowest BCUT2D eigenvalue weighted by atomic mass is 10.0. The van der Waals surface area contributed by atoms with Crippen LogP contribution in [0.5, 0.6) is 0 Å². The van der Waals surface area contributed by atoms with Crippen molar-refractivity contribution in [1.82, 2.24) is 30.2 Å². The average molecular weight is 360 g/mol. The Kier molecular flexibility index (Phi) is 4.73. The molecule has 1 aliphatic heterocycles. The van der Waals surface area contributed by atoms with Crippen molar-refractivity contribution >= 4 is 23.1 Å². The Bertz CT molecular complexity index is 832. The van der Waals surface area contributed by atoms with E-state index in [4.69, 9.17) is 16.3 Å². The molecule has 1 N–H and O–H groups in total. The fourth-order valence-electron chi connectivity index (χ4n) is 2.98. The number of fused-ring (bicyclic) bond motifs is 1. The largest absolute Gasteiger partial charge is 0.379 e. The second kappa shape index (κ2) is 7.30. The van der Waals surface area contributed by atoms with Crippen molar-refractivity contribution in [3.8, 4) is 0 Å². The Morgan fingerprint density at radius 2 is 1.92 bits per heavy atom. The SMILES string of the molecule is Clc1ccc(C(CNc2ccc3nnnn3n2)N2CCOCC2)cc1. The third kappa shape index (κ3) is 3.71. The monoisotopic (exact) mass is 359 g/mol. The van der Waals surface area contributed by atoms with Gasteiger partial charge in [0.15, 0.2) is 5.65 Å². The van der Waals surface area contributed by atoms with E-state index in [0.717, 1.165) is 37.1 Å². The van der Waals surface area contributed by atoms with Crippen molar-refractivity contribution in [2.24, 2.45) is 0 Å². The lowest BCUT2D eigenvalue weighted by Crippen LogP contribution is -2.41. The summed E-state index contributed by atoms with van der Waals surface area (Å²) in [7, 11) is 0. The Balaban J connectivity index is 1.53. The molecule has 0 spiro atoms. The zero-order valence-electron chi connectivity index (χ0n) is 13.5. The lowest BCUT2D eigenvalue weighted by molar-refractivity contribution is 0.0187. The maximum Gasteiger partial charge on any atom is 0.200 e. The predicted molar refractivity (Wildman–Crippen MR) is 93.7 cm³/mol. The number of anilines is 1. The maximum atomic E-state index is 6.04. The summed E-state index contributed by atoms with van der Waals surface area (Å²) in [5, 5.41) is 19.8. The first-order valence-corrected chi connectivity index (χ1v) is 8.54. The van der Waals surface area contributed by atoms with Crippen LogP contribution in [0.1, 0.15) is 11.6 Å². The summed E-state index contributed by atoms with van der Waals surface area (Å²) in [6, 6.07) is 11.9. The number of ether oxygens (including phenoxy) is 1. The number of hydrogen-bond acceptors (Lipinski definition) is 7. The molecule has 4 rings (SSSR count). The summed E-state index contributed by atoms with van der Waals surface area (Å²) in [5.74, 6) is 0.729. The fraction of sp³-hybridized carbons (Fsp3) is 0.375. The van der Waals surface area contributed by atoms with E-state index in [1.807, 2.05) is 24.3 Å². The number of rotatable bonds is 5. The van der Waals surface area contributed by atoms with Crippen LogP contribution in [0, 0.1) is 0 Å². The molecule has 130 valence electrons. The molecule has 0 bridgehead atoms. The van der Waals surface area contributed by atoms with E-state index in [0.29, 0.717) is 12.2 Å². The molecule has 2 aromatic heterocycles. The minimum Gasteiger partial charge on any atom is -0.379 e. The van der Waals surface area contributed by atoms with Gasteiger partial charge in [-0.1, -0.05) is 23.7 Å². The molecule has 3 aromatic rings.